The summed E-state index contributed by atoms with van der Waals surface area (Å²) in [6.45, 7) is 2.50. The number of amides is 1. The first-order valence-corrected chi connectivity index (χ1v) is 7.60. The first kappa shape index (κ1) is 18.3. The number of hydrogen-bond donors (Lipinski definition) is 3. The SMILES string of the molecule is O=C(NCc1ccco1)C1C2CCC1CNC2.O=C(O)C(F)(F)F. The minimum atomic E-state index is -5.08. The highest BCUT2D eigenvalue weighted by Gasteiger charge is 2.43. The number of rotatable bonds is 3. The number of aliphatic carboxylic acids is 1. The second kappa shape index (κ2) is 7.69. The molecule has 0 spiro atoms. The topological polar surface area (TPSA) is 91.6 Å². The predicted octanol–water partition coefficient (Wildman–Crippen LogP) is 1.77. The molecule has 0 aromatic carbocycles. The molecule has 0 radical (unpaired) electrons. The van der Waals surface area contributed by atoms with E-state index < -0.39 is 12.1 Å². The molecule has 1 aliphatic heterocycles. The van der Waals surface area contributed by atoms with Crippen LogP contribution < -0.4 is 10.6 Å². The van der Waals surface area contributed by atoms with Crippen molar-refractivity contribution >= 4 is 11.9 Å². The summed E-state index contributed by atoms with van der Waals surface area (Å²) in [5.74, 6) is -0.454. The lowest BCUT2D eigenvalue weighted by atomic mass is 9.85. The van der Waals surface area contributed by atoms with Gasteiger partial charge in [0.25, 0.3) is 0 Å². The van der Waals surface area contributed by atoms with Gasteiger partial charge in [-0.1, -0.05) is 0 Å². The summed E-state index contributed by atoms with van der Waals surface area (Å²) in [5.41, 5.74) is 0. The zero-order chi connectivity index (χ0) is 17.7. The van der Waals surface area contributed by atoms with Crippen molar-refractivity contribution in [3.63, 3.8) is 0 Å². The Hall–Kier alpha value is -2.03. The van der Waals surface area contributed by atoms with Crippen molar-refractivity contribution in [3.8, 4) is 0 Å². The Kier molecular flexibility index (Phi) is 5.87. The quantitative estimate of drug-likeness (QED) is 0.774. The third-order valence-electron chi connectivity index (χ3n) is 4.30. The van der Waals surface area contributed by atoms with Crippen LogP contribution in [0.15, 0.2) is 22.8 Å². The average Bonchev–Trinajstić information content (AvgIpc) is 3.11. The summed E-state index contributed by atoms with van der Waals surface area (Å²) in [5, 5.41) is 13.5. The van der Waals surface area contributed by atoms with Crippen LogP contribution in [-0.4, -0.2) is 36.2 Å². The van der Waals surface area contributed by atoms with Crippen LogP contribution in [-0.2, 0) is 16.1 Å². The van der Waals surface area contributed by atoms with Gasteiger partial charge in [0, 0.05) is 5.92 Å². The number of carboxylic acids is 1. The molecule has 2 bridgehead atoms. The second-order valence-electron chi connectivity index (χ2n) is 5.88. The zero-order valence-electron chi connectivity index (χ0n) is 12.8. The number of halogens is 3. The van der Waals surface area contributed by atoms with Crippen molar-refractivity contribution in [3.05, 3.63) is 24.2 Å². The first-order valence-electron chi connectivity index (χ1n) is 7.60. The third-order valence-corrected chi connectivity index (χ3v) is 4.30. The van der Waals surface area contributed by atoms with Gasteiger partial charge in [-0.15, -0.1) is 0 Å². The number of carboxylic acid groups (broad SMARTS) is 1. The largest absolute Gasteiger partial charge is 0.490 e. The predicted molar refractivity (Wildman–Crippen MR) is 76.8 cm³/mol. The van der Waals surface area contributed by atoms with Crippen LogP contribution in [0.2, 0.25) is 0 Å². The van der Waals surface area contributed by atoms with Crippen LogP contribution >= 0.6 is 0 Å². The molecule has 2 heterocycles. The molecule has 9 heteroatoms. The summed E-state index contributed by atoms with van der Waals surface area (Å²) in [7, 11) is 0. The van der Waals surface area contributed by atoms with Gasteiger partial charge < -0.3 is 20.2 Å². The Morgan fingerprint density at radius 1 is 1.29 bits per heavy atom. The molecule has 1 saturated carbocycles. The van der Waals surface area contributed by atoms with Crippen LogP contribution in [0.25, 0.3) is 0 Å². The molecule has 2 atom stereocenters. The lowest BCUT2D eigenvalue weighted by Crippen LogP contribution is -2.45. The number of fused-ring (bicyclic) bond motifs is 2. The first-order chi connectivity index (χ1) is 11.3. The summed E-state index contributed by atoms with van der Waals surface area (Å²) in [6.07, 6.45) is -1.07. The lowest BCUT2D eigenvalue weighted by molar-refractivity contribution is -0.192. The fourth-order valence-electron chi connectivity index (χ4n) is 3.22. The summed E-state index contributed by atoms with van der Waals surface area (Å²) in [6, 6.07) is 3.73. The fourth-order valence-corrected chi connectivity index (χ4v) is 3.22. The van der Waals surface area contributed by atoms with E-state index in [9.17, 15) is 18.0 Å². The van der Waals surface area contributed by atoms with Crippen molar-refractivity contribution < 1.29 is 32.3 Å². The maximum absolute atomic E-state index is 12.2. The van der Waals surface area contributed by atoms with Gasteiger partial charge in [-0.2, -0.15) is 13.2 Å². The second-order valence-corrected chi connectivity index (χ2v) is 5.88. The van der Waals surface area contributed by atoms with Gasteiger partial charge >= 0.3 is 12.1 Å². The highest BCUT2D eigenvalue weighted by molar-refractivity contribution is 5.79. The number of nitrogens with one attached hydrogen (secondary N) is 2. The van der Waals surface area contributed by atoms with Crippen molar-refractivity contribution in [2.45, 2.75) is 25.6 Å². The Morgan fingerprint density at radius 2 is 1.88 bits per heavy atom. The number of piperidine rings is 1. The van der Waals surface area contributed by atoms with Crippen molar-refractivity contribution in [2.75, 3.05) is 13.1 Å². The molecule has 1 aliphatic carbocycles. The molecule has 3 rings (SSSR count). The van der Waals surface area contributed by atoms with E-state index in [1.54, 1.807) is 6.26 Å². The van der Waals surface area contributed by atoms with E-state index in [-0.39, 0.29) is 11.8 Å². The average molecular weight is 348 g/mol. The number of alkyl halides is 3. The Labute approximate surface area is 136 Å². The van der Waals surface area contributed by atoms with Crippen LogP contribution in [0.3, 0.4) is 0 Å². The molecular weight excluding hydrogens is 329 g/mol. The molecule has 1 saturated heterocycles. The highest BCUT2D eigenvalue weighted by Crippen LogP contribution is 2.39. The maximum Gasteiger partial charge on any atom is 0.490 e. The van der Waals surface area contributed by atoms with E-state index in [1.807, 2.05) is 12.1 Å². The Bertz CT molecular complexity index is 544. The smallest absolute Gasteiger partial charge is 0.475 e. The van der Waals surface area contributed by atoms with E-state index in [1.165, 1.54) is 12.8 Å². The van der Waals surface area contributed by atoms with Crippen LogP contribution in [0, 0.1) is 17.8 Å². The Morgan fingerprint density at radius 3 is 2.33 bits per heavy atom. The normalized spacial score (nSPS) is 25.5. The Balaban J connectivity index is 0.000000256. The molecule has 134 valence electrons. The van der Waals surface area contributed by atoms with Gasteiger partial charge in [0.1, 0.15) is 5.76 Å². The van der Waals surface area contributed by atoms with Crippen molar-refractivity contribution in [1.82, 2.24) is 10.6 Å². The van der Waals surface area contributed by atoms with Gasteiger partial charge in [0.15, 0.2) is 0 Å². The van der Waals surface area contributed by atoms with Crippen LogP contribution in [0.5, 0.6) is 0 Å². The molecule has 3 N–H and O–H groups in total. The third kappa shape index (κ3) is 4.73. The van der Waals surface area contributed by atoms with E-state index >= 15 is 0 Å². The molecule has 6 nitrogen and oxygen atoms in total. The fraction of sp³-hybridized carbons (Fsp3) is 0.600. The monoisotopic (exact) mass is 348 g/mol. The number of carbonyl (C=O) groups excluding carboxylic acids is 1. The summed E-state index contributed by atoms with van der Waals surface area (Å²) >= 11 is 0. The minimum Gasteiger partial charge on any atom is -0.475 e. The van der Waals surface area contributed by atoms with Crippen molar-refractivity contribution in [1.29, 1.82) is 0 Å². The molecule has 1 aromatic rings. The van der Waals surface area contributed by atoms with Crippen molar-refractivity contribution in [2.24, 2.45) is 17.8 Å². The van der Waals surface area contributed by atoms with E-state index in [0.717, 1.165) is 18.8 Å². The standard InChI is InChI=1S/C13H18N2O2.C2HF3O2/c16-13(15-8-11-2-1-5-17-11)12-9-3-4-10(12)7-14-6-9;3-2(4,5)1(6)7/h1-2,5,9-10,12,14H,3-4,6-8H2,(H,15,16);(H,6,7). The number of carbonyl (C=O) groups is 2. The van der Waals surface area contributed by atoms with Gasteiger partial charge in [0.2, 0.25) is 5.91 Å². The van der Waals surface area contributed by atoms with Crippen LogP contribution in [0.1, 0.15) is 18.6 Å². The molecule has 1 aromatic heterocycles. The molecule has 2 fully saturated rings. The maximum atomic E-state index is 12.2. The van der Waals surface area contributed by atoms with Gasteiger partial charge in [-0.25, -0.2) is 4.79 Å². The number of hydrogen-bond acceptors (Lipinski definition) is 4. The minimum absolute atomic E-state index is 0.204. The summed E-state index contributed by atoms with van der Waals surface area (Å²) < 4.78 is 36.9. The van der Waals surface area contributed by atoms with Crippen LogP contribution in [0.4, 0.5) is 13.2 Å². The highest BCUT2D eigenvalue weighted by atomic mass is 19.4. The van der Waals surface area contributed by atoms with E-state index in [0.29, 0.717) is 18.4 Å². The molecule has 1 amide bonds. The number of furan rings is 1. The molecular formula is C15H19F3N2O4. The van der Waals surface area contributed by atoms with Gasteiger partial charge in [-0.05, 0) is 49.9 Å². The van der Waals surface area contributed by atoms with Gasteiger partial charge in [-0.3, -0.25) is 4.79 Å². The van der Waals surface area contributed by atoms with Gasteiger partial charge in [0.05, 0.1) is 12.8 Å². The molecule has 2 aliphatic rings. The zero-order valence-corrected chi connectivity index (χ0v) is 12.8. The summed E-state index contributed by atoms with van der Waals surface area (Å²) in [4.78, 5) is 21.1. The van der Waals surface area contributed by atoms with E-state index in [4.69, 9.17) is 14.3 Å². The van der Waals surface area contributed by atoms with E-state index in [2.05, 4.69) is 10.6 Å². The molecule has 24 heavy (non-hydrogen) atoms. The molecule has 2 unspecified atom stereocenters. The lowest BCUT2D eigenvalue weighted by Gasteiger charge is -2.29.